The van der Waals surface area contributed by atoms with Gasteiger partial charge in [0.05, 0.1) is 32.7 Å². The summed E-state index contributed by atoms with van der Waals surface area (Å²) in [5, 5.41) is 36.3. The molecule has 0 saturated heterocycles. The van der Waals surface area contributed by atoms with Gasteiger partial charge in [0.15, 0.2) is 11.6 Å². The van der Waals surface area contributed by atoms with Crippen LogP contribution in [-0.2, 0) is 28.8 Å². The molecule has 0 fully saturated rings. The Labute approximate surface area is 158 Å². The van der Waals surface area contributed by atoms with Crippen molar-refractivity contribution in [1.82, 2.24) is 9.80 Å². The zero-order valence-electron chi connectivity index (χ0n) is 14.7. The van der Waals surface area contributed by atoms with Crippen LogP contribution in [0.5, 0.6) is 0 Å². The molecule has 0 aromatic rings. The Bertz CT molecular complexity index is 618. The highest BCUT2D eigenvalue weighted by Gasteiger charge is 2.56. The zero-order valence-corrected chi connectivity index (χ0v) is 14.7. The molecule has 0 aliphatic heterocycles. The van der Waals surface area contributed by atoms with E-state index in [1.807, 2.05) is 0 Å². The van der Waals surface area contributed by atoms with Gasteiger partial charge in [-0.05, 0) is 0 Å². The number of carboxylic acid groups (broad SMARTS) is 4. The predicted octanol–water partition coefficient (Wildman–Crippen LogP) is -4.28. The van der Waals surface area contributed by atoms with Gasteiger partial charge in [-0.2, -0.15) is 0 Å². The highest BCUT2D eigenvalue weighted by Crippen LogP contribution is 2.19. The van der Waals surface area contributed by atoms with Crippen molar-refractivity contribution < 1.29 is 49.2 Å². The van der Waals surface area contributed by atoms with E-state index >= 15 is 0 Å². The number of hydrogen-bond donors (Lipinski definition) is 6. The van der Waals surface area contributed by atoms with E-state index < -0.39 is 86.8 Å². The van der Waals surface area contributed by atoms with E-state index in [2.05, 4.69) is 0 Å². The van der Waals surface area contributed by atoms with Gasteiger partial charge >= 0.3 is 23.9 Å². The minimum atomic E-state index is -3.00. The van der Waals surface area contributed by atoms with E-state index in [1.165, 1.54) is 0 Å². The Morgan fingerprint density at radius 2 is 1.07 bits per heavy atom. The van der Waals surface area contributed by atoms with Crippen molar-refractivity contribution in [2.24, 2.45) is 11.5 Å². The summed E-state index contributed by atoms with van der Waals surface area (Å²) in [7, 11) is 0. The second-order valence-electron chi connectivity index (χ2n) is 5.58. The van der Waals surface area contributed by atoms with Crippen LogP contribution in [0.3, 0.4) is 0 Å². The molecule has 158 valence electrons. The number of carbonyl (C=O) groups is 6. The fraction of sp³-hybridized carbons (Fsp3) is 0.571. The lowest BCUT2D eigenvalue weighted by Crippen LogP contribution is -2.69. The van der Waals surface area contributed by atoms with Crippen molar-refractivity contribution in [2.45, 2.75) is 5.54 Å². The molecule has 14 nitrogen and oxygen atoms in total. The van der Waals surface area contributed by atoms with Crippen molar-refractivity contribution in [3.63, 3.8) is 0 Å². The molecule has 0 aromatic heterocycles. The van der Waals surface area contributed by atoms with Gasteiger partial charge in [-0.25, -0.2) is 4.79 Å². The van der Waals surface area contributed by atoms with Crippen LogP contribution in [0.25, 0.3) is 0 Å². The third-order valence-electron chi connectivity index (χ3n) is 3.69. The summed E-state index contributed by atoms with van der Waals surface area (Å²) in [4.78, 5) is 70.6. The maximum Gasteiger partial charge on any atom is 0.339 e. The molecule has 28 heavy (non-hydrogen) atoms. The van der Waals surface area contributed by atoms with Crippen LogP contribution >= 0.6 is 0 Å². The van der Waals surface area contributed by atoms with E-state index in [0.717, 1.165) is 4.90 Å². The van der Waals surface area contributed by atoms with Crippen LogP contribution in [0.2, 0.25) is 0 Å². The average molecular weight is 406 g/mol. The Morgan fingerprint density at radius 3 is 1.36 bits per heavy atom. The molecular formula is C14H22N4O10. The molecule has 0 heterocycles. The van der Waals surface area contributed by atoms with Crippen molar-refractivity contribution in [1.29, 1.82) is 0 Å². The third kappa shape index (κ3) is 6.34. The Balaban J connectivity index is 6.04. The highest BCUT2D eigenvalue weighted by atomic mass is 16.4. The number of aliphatic carboxylic acids is 4. The maximum absolute atomic E-state index is 12.3. The summed E-state index contributed by atoms with van der Waals surface area (Å²) in [6.45, 7) is -5.57. The number of Topliss-reactive ketones (excluding diaryl/α,β-unsaturated/α-hetero) is 2. The van der Waals surface area contributed by atoms with E-state index in [9.17, 15) is 33.9 Å². The normalized spacial score (nSPS) is 11.4. The van der Waals surface area contributed by atoms with Gasteiger partial charge in [-0.1, -0.05) is 0 Å². The number of carbonyl (C=O) groups excluding carboxylic acids is 2. The molecule has 0 radical (unpaired) electrons. The minimum Gasteiger partial charge on any atom is -0.480 e. The van der Waals surface area contributed by atoms with Crippen molar-refractivity contribution in [3.8, 4) is 0 Å². The smallest absolute Gasteiger partial charge is 0.339 e. The minimum absolute atomic E-state index is 0.476. The van der Waals surface area contributed by atoms with Gasteiger partial charge in [0.1, 0.15) is 0 Å². The van der Waals surface area contributed by atoms with Gasteiger partial charge in [0.25, 0.3) is 0 Å². The molecule has 0 bridgehead atoms. The molecule has 0 unspecified atom stereocenters. The molecule has 0 aliphatic carbocycles. The molecule has 0 rings (SSSR count). The average Bonchev–Trinajstić information content (AvgIpc) is 2.57. The van der Waals surface area contributed by atoms with Crippen molar-refractivity contribution in [2.75, 3.05) is 45.8 Å². The number of ketones is 2. The molecule has 0 spiro atoms. The first-order valence-electron chi connectivity index (χ1n) is 7.76. The van der Waals surface area contributed by atoms with Gasteiger partial charge < -0.3 is 31.9 Å². The second-order valence-corrected chi connectivity index (χ2v) is 5.58. The molecular weight excluding hydrogens is 384 g/mol. The fourth-order valence-corrected chi connectivity index (χ4v) is 2.56. The summed E-state index contributed by atoms with van der Waals surface area (Å²) in [5.41, 5.74) is 7.40. The van der Waals surface area contributed by atoms with E-state index in [4.69, 9.17) is 26.8 Å². The van der Waals surface area contributed by atoms with E-state index in [-0.39, 0.29) is 0 Å². The molecule has 0 aromatic carbocycles. The summed E-state index contributed by atoms with van der Waals surface area (Å²) >= 11 is 0. The number of nitrogens with zero attached hydrogens (tertiary/aromatic N) is 2. The summed E-state index contributed by atoms with van der Waals surface area (Å²) in [5.74, 6) is -9.02. The van der Waals surface area contributed by atoms with Crippen molar-refractivity contribution >= 4 is 35.4 Å². The highest BCUT2D eigenvalue weighted by molar-refractivity contribution is 6.28. The molecule has 8 N–H and O–H groups in total. The monoisotopic (exact) mass is 406 g/mol. The topological polar surface area (TPSA) is 242 Å². The fourth-order valence-electron chi connectivity index (χ4n) is 2.56. The maximum atomic E-state index is 12.3. The largest absolute Gasteiger partial charge is 0.480 e. The van der Waals surface area contributed by atoms with Crippen LogP contribution < -0.4 is 11.5 Å². The Kier molecular flexibility index (Phi) is 9.87. The van der Waals surface area contributed by atoms with Gasteiger partial charge in [0.2, 0.25) is 5.54 Å². The number of nitrogens with two attached hydrogens (primary N) is 2. The quantitative estimate of drug-likeness (QED) is 0.141. The van der Waals surface area contributed by atoms with Crippen LogP contribution in [0.15, 0.2) is 0 Å². The molecule has 0 amide bonds. The van der Waals surface area contributed by atoms with E-state index in [1.54, 1.807) is 0 Å². The van der Waals surface area contributed by atoms with Crippen LogP contribution in [0, 0.1) is 0 Å². The van der Waals surface area contributed by atoms with Gasteiger partial charge in [-0.15, -0.1) is 0 Å². The first-order chi connectivity index (χ1) is 12.9. The SMILES string of the molecule is NCC(=O)C(C(=O)O)(C(=O)CN)N(CCN(CC(=O)O)CC(=O)O)CC(=O)O. The summed E-state index contributed by atoms with van der Waals surface area (Å²) in [6, 6.07) is 0. The Morgan fingerprint density at radius 1 is 0.679 bits per heavy atom. The van der Waals surface area contributed by atoms with Crippen LogP contribution in [0.1, 0.15) is 0 Å². The first-order valence-corrected chi connectivity index (χ1v) is 7.76. The zero-order chi connectivity index (χ0) is 22.1. The predicted molar refractivity (Wildman–Crippen MR) is 89.4 cm³/mol. The lowest BCUT2D eigenvalue weighted by atomic mass is 9.86. The molecule has 0 aliphatic rings. The Hall–Kier alpha value is -2.94. The molecule has 0 atom stereocenters. The second kappa shape index (κ2) is 11.0. The van der Waals surface area contributed by atoms with Crippen LogP contribution in [0.4, 0.5) is 0 Å². The van der Waals surface area contributed by atoms with Crippen LogP contribution in [-0.4, -0.2) is 117 Å². The summed E-state index contributed by atoms with van der Waals surface area (Å²) < 4.78 is 0. The van der Waals surface area contributed by atoms with E-state index in [0.29, 0.717) is 4.90 Å². The molecule has 0 saturated carbocycles. The van der Waals surface area contributed by atoms with Gasteiger partial charge in [-0.3, -0.25) is 33.8 Å². The van der Waals surface area contributed by atoms with Crippen molar-refractivity contribution in [3.05, 3.63) is 0 Å². The number of hydrogen-bond acceptors (Lipinski definition) is 10. The third-order valence-corrected chi connectivity index (χ3v) is 3.69. The lowest BCUT2D eigenvalue weighted by molar-refractivity contribution is -0.164. The first kappa shape index (κ1) is 25.1. The number of rotatable bonds is 15. The lowest BCUT2D eigenvalue weighted by Gasteiger charge is -2.37. The van der Waals surface area contributed by atoms with Gasteiger partial charge in [0, 0.05) is 13.1 Å². The standard InChI is InChI=1S/C14H22N4O10/c15-3-8(19)14(13(27)28,9(20)4-16)18(7-12(25)26)2-1-17(5-10(21)22)6-11(23)24/h1-7,15-16H2,(H,21,22)(H,23,24)(H,25,26)(H,27,28). The molecule has 14 heteroatoms. The number of carboxylic acids is 4. The summed E-state index contributed by atoms with van der Waals surface area (Å²) in [6.07, 6.45) is 0.